The van der Waals surface area contributed by atoms with Gasteiger partial charge in [0.05, 0.1) is 20.8 Å². The number of methoxy groups -OCH3 is 2. The molecule has 0 aromatic heterocycles. The molecule has 13 nitrogen and oxygen atoms in total. The van der Waals surface area contributed by atoms with Crippen LogP contribution in [0.25, 0.3) is 11.1 Å². The highest BCUT2D eigenvalue weighted by atomic mass is 16.6. The molecule has 0 spiro atoms. The van der Waals surface area contributed by atoms with Gasteiger partial charge in [-0.1, -0.05) is 107 Å². The summed E-state index contributed by atoms with van der Waals surface area (Å²) in [5.74, 6) is -4.39. The average Bonchev–Trinajstić information content (AvgIpc) is 3.33. The number of hydrogen-bond donors (Lipinski definition) is 0. The summed E-state index contributed by atoms with van der Waals surface area (Å²) in [6.07, 6.45) is 14.9. The van der Waals surface area contributed by atoms with Crippen LogP contribution in [0.4, 0.5) is 0 Å². The zero-order valence-electron chi connectivity index (χ0n) is 39.7. The van der Waals surface area contributed by atoms with Crippen LogP contribution >= 0.6 is 0 Å². The maximum atomic E-state index is 12.7. The Morgan fingerprint density at radius 2 is 0.970 bits per heavy atom. The maximum absolute atomic E-state index is 12.7. The van der Waals surface area contributed by atoms with Crippen LogP contribution < -0.4 is 4.74 Å². The SMILES string of the molecule is C=C(C)C(=O)OCCCc1cc(-c2ccc(CCc3ccc(CCCCCCCC)cc3)cc2)ccc1OCC(COC(=O)/C=C/C(=O)OC)(COC(=O)/C=C/C(=O)OC)COC(=O)C(=C)C. The molecule has 0 N–H and O–H groups in total. The van der Waals surface area contributed by atoms with E-state index in [0.717, 1.165) is 74.5 Å². The van der Waals surface area contributed by atoms with Gasteiger partial charge in [0.1, 0.15) is 37.6 Å². The van der Waals surface area contributed by atoms with Gasteiger partial charge in [0.25, 0.3) is 0 Å². The molecule has 0 bridgehead atoms. The van der Waals surface area contributed by atoms with Gasteiger partial charge >= 0.3 is 35.8 Å². The minimum absolute atomic E-state index is 0.0766. The van der Waals surface area contributed by atoms with Crippen LogP contribution in [0.15, 0.2) is 115 Å². The lowest BCUT2D eigenvalue weighted by Gasteiger charge is -2.32. The molecule has 0 heterocycles. The van der Waals surface area contributed by atoms with E-state index in [4.69, 9.17) is 23.7 Å². The zero-order chi connectivity index (χ0) is 49.0. The molecule has 0 amide bonds. The van der Waals surface area contributed by atoms with E-state index in [2.05, 4.69) is 78.1 Å². The molecular formula is C54H66O13. The molecule has 0 saturated heterocycles. The first-order valence-corrected chi connectivity index (χ1v) is 22.6. The van der Waals surface area contributed by atoms with Crippen molar-refractivity contribution < 1.29 is 61.9 Å². The largest absolute Gasteiger partial charge is 0.492 e. The first-order valence-electron chi connectivity index (χ1n) is 22.6. The van der Waals surface area contributed by atoms with Gasteiger partial charge in [-0.25, -0.2) is 28.8 Å². The van der Waals surface area contributed by atoms with Crippen molar-refractivity contribution in [3.8, 4) is 16.9 Å². The van der Waals surface area contributed by atoms with Crippen molar-refractivity contribution in [1.29, 1.82) is 0 Å². The van der Waals surface area contributed by atoms with Gasteiger partial charge in [-0.15, -0.1) is 0 Å². The Morgan fingerprint density at radius 3 is 1.51 bits per heavy atom. The summed E-state index contributed by atoms with van der Waals surface area (Å²) in [4.78, 5) is 73.6. The number of hydrogen-bond acceptors (Lipinski definition) is 13. The third-order valence-electron chi connectivity index (χ3n) is 10.6. The first-order chi connectivity index (χ1) is 32.2. The van der Waals surface area contributed by atoms with Crippen molar-refractivity contribution in [1.82, 2.24) is 0 Å². The number of benzene rings is 3. The van der Waals surface area contributed by atoms with Gasteiger partial charge < -0.3 is 33.2 Å². The maximum Gasteiger partial charge on any atom is 0.333 e. The fourth-order valence-electron chi connectivity index (χ4n) is 6.56. The summed E-state index contributed by atoms with van der Waals surface area (Å²) in [6, 6.07) is 23.0. The molecule has 0 unspecified atom stereocenters. The number of carbonyl (C=O) groups excluding carboxylic acids is 6. The Kier molecular flexibility index (Phi) is 24.2. The first kappa shape index (κ1) is 54.6. The van der Waals surface area contributed by atoms with E-state index < -0.39 is 61.1 Å². The standard InChI is InChI=1S/C54H66O13/c1-8-9-10-11-12-13-15-41-17-19-42(20-18-41)21-22-43-23-25-44(26-24-43)45-27-28-47(46(34-45)16-14-33-63-52(59)39(2)3)64-35-54(38-67-53(60)40(4)5,36-65-50(57)31-29-48(55)61-6)37-66-51(58)32-30-49(56)62-7/h17-20,23-32,34H,2,4,8-16,21-22,33,35-38H2,1,3,5-7H3/b31-29+,32-30+. The topological polar surface area (TPSA) is 167 Å². The van der Waals surface area contributed by atoms with Crippen molar-refractivity contribution in [3.63, 3.8) is 0 Å². The second-order valence-electron chi connectivity index (χ2n) is 16.4. The highest BCUT2D eigenvalue weighted by Crippen LogP contribution is 2.31. The Morgan fingerprint density at radius 1 is 0.507 bits per heavy atom. The molecule has 3 aromatic rings. The Hall–Kier alpha value is -6.76. The Bertz CT molecular complexity index is 2140. The van der Waals surface area contributed by atoms with Crippen LogP contribution in [0.3, 0.4) is 0 Å². The number of unbranched alkanes of at least 4 members (excludes halogenated alkanes) is 5. The van der Waals surface area contributed by atoms with E-state index in [1.165, 1.54) is 62.1 Å². The Balaban J connectivity index is 1.88. The summed E-state index contributed by atoms with van der Waals surface area (Å²) in [5, 5.41) is 0. The molecule has 0 fully saturated rings. The van der Waals surface area contributed by atoms with Crippen molar-refractivity contribution >= 4 is 35.8 Å². The van der Waals surface area contributed by atoms with Gasteiger partial charge in [0.15, 0.2) is 0 Å². The smallest absolute Gasteiger partial charge is 0.333 e. The molecule has 3 aromatic carbocycles. The van der Waals surface area contributed by atoms with E-state index >= 15 is 0 Å². The summed E-state index contributed by atoms with van der Waals surface area (Å²) in [5.41, 5.74) is 5.28. The molecule has 0 radical (unpaired) electrons. The molecule has 360 valence electrons. The van der Waals surface area contributed by atoms with E-state index in [0.29, 0.717) is 18.6 Å². The van der Waals surface area contributed by atoms with Crippen LogP contribution in [0.1, 0.15) is 88.0 Å². The van der Waals surface area contributed by atoms with Gasteiger partial charge in [0.2, 0.25) is 0 Å². The number of ether oxygens (including phenoxy) is 7. The van der Waals surface area contributed by atoms with Crippen molar-refractivity contribution in [2.75, 3.05) is 47.3 Å². The molecule has 0 atom stereocenters. The molecule has 0 saturated carbocycles. The third kappa shape index (κ3) is 21.0. The summed E-state index contributed by atoms with van der Waals surface area (Å²) in [7, 11) is 2.28. The lowest BCUT2D eigenvalue weighted by Crippen LogP contribution is -2.44. The molecule has 0 aliphatic carbocycles. The molecular weight excluding hydrogens is 857 g/mol. The minimum Gasteiger partial charge on any atom is -0.492 e. The van der Waals surface area contributed by atoms with Gasteiger partial charge in [0, 0.05) is 35.5 Å². The Labute approximate surface area is 395 Å². The monoisotopic (exact) mass is 922 g/mol. The summed E-state index contributed by atoms with van der Waals surface area (Å²) in [6.45, 7) is 10.7. The van der Waals surface area contributed by atoms with Crippen LogP contribution in [0, 0.1) is 5.41 Å². The van der Waals surface area contributed by atoms with Crippen LogP contribution in [0.2, 0.25) is 0 Å². The molecule has 13 heteroatoms. The normalized spacial score (nSPS) is 11.2. The second-order valence-corrected chi connectivity index (χ2v) is 16.4. The number of esters is 6. The zero-order valence-corrected chi connectivity index (χ0v) is 39.7. The summed E-state index contributed by atoms with van der Waals surface area (Å²) >= 11 is 0. The predicted octanol–water partition coefficient (Wildman–Crippen LogP) is 9.12. The number of carbonyl (C=O) groups is 6. The van der Waals surface area contributed by atoms with E-state index in [-0.39, 0.29) is 24.4 Å². The van der Waals surface area contributed by atoms with E-state index in [1.807, 2.05) is 12.1 Å². The van der Waals surface area contributed by atoms with Crippen molar-refractivity contribution in [2.45, 2.75) is 91.4 Å². The highest BCUT2D eigenvalue weighted by molar-refractivity contribution is 5.92. The molecule has 0 aliphatic rings. The van der Waals surface area contributed by atoms with Gasteiger partial charge in [-0.3, -0.25) is 0 Å². The average molecular weight is 923 g/mol. The van der Waals surface area contributed by atoms with Crippen LogP contribution in [-0.2, 0) is 82.9 Å². The third-order valence-corrected chi connectivity index (χ3v) is 10.6. The lowest BCUT2D eigenvalue weighted by atomic mass is 9.91. The molecule has 0 aliphatic heterocycles. The van der Waals surface area contributed by atoms with E-state index in [1.54, 1.807) is 13.0 Å². The van der Waals surface area contributed by atoms with Crippen molar-refractivity contribution in [3.05, 3.63) is 138 Å². The number of rotatable bonds is 30. The minimum atomic E-state index is -1.55. The molecule has 3 rings (SSSR count). The van der Waals surface area contributed by atoms with Crippen LogP contribution in [-0.4, -0.2) is 83.1 Å². The van der Waals surface area contributed by atoms with E-state index in [9.17, 15) is 28.8 Å². The fourth-order valence-corrected chi connectivity index (χ4v) is 6.56. The molecule has 67 heavy (non-hydrogen) atoms. The predicted molar refractivity (Wildman–Crippen MR) is 255 cm³/mol. The fraction of sp³-hybridized carbons (Fsp3) is 0.407. The second kappa shape index (κ2) is 29.7. The van der Waals surface area contributed by atoms with Gasteiger partial charge in [-0.2, -0.15) is 0 Å². The lowest BCUT2D eigenvalue weighted by molar-refractivity contribution is -0.159. The van der Waals surface area contributed by atoms with Gasteiger partial charge in [-0.05, 0) is 97.9 Å². The van der Waals surface area contributed by atoms with Crippen LogP contribution in [0.5, 0.6) is 5.75 Å². The van der Waals surface area contributed by atoms with Crippen molar-refractivity contribution in [2.24, 2.45) is 5.41 Å². The highest BCUT2D eigenvalue weighted by Gasteiger charge is 2.37. The summed E-state index contributed by atoms with van der Waals surface area (Å²) < 4.78 is 37.4. The number of aryl methyl sites for hydroxylation is 4. The quantitative estimate of drug-likeness (QED) is 0.0269.